The summed E-state index contributed by atoms with van der Waals surface area (Å²) in [5.41, 5.74) is 4.17. The summed E-state index contributed by atoms with van der Waals surface area (Å²) in [4.78, 5) is 67.7. The second-order valence-electron chi connectivity index (χ2n) is 16.1. The molecule has 3 fully saturated rings. The van der Waals surface area contributed by atoms with Crippen LogP contribution in [-0.2, 0) is 34.5 Å². The zero-order chi connectivity index (χ0) is 45.7. The van der Waals surface area contributed by atoms with E-state index in [1.165, 1.54) is 25.3 Å². The number of piperazine rings is 1. The normalized spacial score (nSPS) is 18.2. The van der Waals surface area contributed by atoms with Gasteiger partial charge in [-0.3, -0.25) is 34.0 Å². The van der Waals surface area contributed by atoms with Crippen LogP contribution in [0.1, 0.15) is 60.0 Å². The third-order valence-electron chi connectivity index (χ3n) is 12.4. The number of fused-ring (bicyclic) bond motifs is 1. The number of piperidine rings is 2. The molecule has 0 radical (unpaired) electrons. The summed E-state index contributed by atoms with van der Waals surface area (Å²) >= 11 is 6.48. The quantitative estimate of drug-likeness (QED) is 0.0874. The van der Waals surface area contributed by atoms with Crippen molar-refractivity contribution in [1.82, 2.24) is 30.0 Å². The van der Waals surface area contributed by atoms with E-state index in [0.717, 1.165) is 50.3 Å². The maximum atomic E-state index is 13.2. The second-order valence-corrected chi connectivity index (χ2v) is 18.7. The van der Waals surface area contributed by atoms with Gasteiger partial charge in [0, 0.05) is 108 Å². The number of rotatable bonds is 13. The summed E-state index contributed by atoms with van der Waals surface area (Å²) in [6.45, 7) is 5.00. The minimum atomic E-state index is -3.58. The Kier molecular flexibility index (Phi) is 14.0. The van der Waals surface area contributed by atoms with Crippen LogP contribution in [0, 0.1) is 11.8 Å². The van der Waals surface area contributed by atoms with E-state index >= 15 is 0 Å². The Morgan fingerprint density at radius 3 is 2.43 bits per heavy atom. The summed E-state index contributed by atoms with van der Waals surface area (Å²) in [5, 5.41) is 9.31. The van der Waals surface area contributed by atoms with Crippen LogP contribution in [0.25, 0.3) is 0 Å². The van der Waals surface area contributed by atoms with Crippen molar-refractivity contribution < 1.29 is 37.5 Å². The molecule has 1 aromatic heterocycles. The van der Waals surface area contributed by atoms with Crippen molar-refractivity contribution in [2.24, 2.45) is 0 Å². The molecule has 3 N–H and O–H groups in total. The van der Waals surface area contributed by atoms with E-state index in [1.807, 2.05) is 29.2 Å². The monoisotopic (exact) mass is 923 g/mol. The molecule has 5 heterocycles. The number of carbonyl (C=O) groups is 4. The number of para-hydroxylation sites is 1. The van der Waals surface area contributed by atoms with Gasteiger partial charge in [-0.15, -0.1) is 0 Å². The van der Waals surface area contributed by atoms with Gasteiger partial charge in [0.25, 0.3) is 5.91 Å². The SMILES string of the molecule is COc1cc(N2CCC(N3CCN(C(=O)CCC#Cc4cccc5c4CN(C4CCC(=O)NC4=O)C5=O)CC3)CC2)ccc1Nc1ncc(Cl)c(Nc2ccccc2P(=O)(OC)OC)n1. The first kappa shape index (κ1) is 45.5. The Morgan fingerprint density at radius 1 is 0.923 bits per heavy atom. The first-order chi connectivity index (χ1) is 31.5. The van der Waals surface area contributed by atoms with Crippen molar-refractivity contribution in [2.45, 2.75) is 57.2 Å². The fourth-order valence-corrected chi connectivity index (χ4v) is 10.2. The Morgan fingerprint density at radius 2 is 1.69 bits per heavy atom. The Balaban J connectivity index is 0.800. The number of aromatic nitrogens is 2. The lowest BCUT2D eigenvalue weighted by Gasteiger charge is -2.43. The maximum Gasteiger partial charge on any atom is 0.362 e. The number of amides is 4. The molecular formula is C46H51ClN9O8P. The molecular weight excluding hydrogens is 873 g/mol. The molecule has 4 aliphatic heterocycles. The van der Waals surface area contributed by atoms with Crippen LogP contribution in [0.5, 0.6) is 5.75 Å². The average molecular weight is 924 g/mol. The van der Waals surface area contributed by atoms with E-state index in [4.69, 9.17) is 25.4 Å². The van der Waals surface area contributed by atoms with Crippen molar-refractivity contribution in [3.05, 3.63) is 88.6 Å². The third-order valence-corrected chi connectivity index (χ3v) is 14.6. The lowest BCUT2D eigenvalue weighted by molar-refractivity contribution is -0.137. The average Bonchev–Trinajstić information content (AvgIpc) is 3.67. The Hall–Kier alpha value is -6.02. The van der Waals surface area contributed by atoms with E-state index in [1.54, 1.807) is 43.5 Å². The maximum absolute atomic E-state index is 13.2. The minimum absolute atomic E-state index is 0.0848. The molecule has 0 spiro atoms. The zero-order valence-corrected chi connectivity index (χ0v) is 38.1. The number of hydrogen-bond donors (Lipinski definition) is 3. The van der Waals surface area contributed by atoms with Gasteiger partial charge in [0.05, 0.1) is 30.0 Å². The van der Waals surface area contributed by atoms with Gasteiger partial charge < -0.3 is 39.1 Å². The van der Waals surface area contributed by atoms with Gasteiger partial charge in [-0.05, 0) is 61.2 Å². The molecule has 17 nitrogen and oxygen atoms in total. The van der Waals surface area contributed by atoms with Gasteiger partial charge in [0.2, 0.25) is 23.7 Å². The number of anilines is 5. The van der Waals surface area contributed by atoms with E-state index in [0.29, 0.717) is 77.8 Å². The van der Waals surface area contributed by atoms with Crippen LogP contribution in [0.4, 0.5) is 28.8 Å². The number of halogens is 1. The van der Waals surface area contributed by atoms with Gasteiger partial charge in [-0.25, -0.2) is 4.98 Å². The molecule has 4 amide bonds. The van der Waals surface area contributed by atoms with Crippen LogP contribution in [0.15, 0.2) is 66.9 Å². The second kappa shape index (κ2) is 20.0. The molecule has 19 heteroatoms. The Bertz CT molecular complexity index is 2580. The summed E-state index contributed by atoms with van der Waals surface area (Å²) in [7, 11) is 0.694. The van der Waals surface area contributed by atoms with Crippen LogP contribution in [0.3, 0.4) is 0 Å². The molecule has 1 unspecified atom stereocenters. The van der Waals surface area contributed by atoms with Crippen LogP contribution in [-0.4, -0.2) is 121 Å². The number of hydrogen-bond acceptors (Lipinski definition) is 14. The lowest BCUT2D eigenvalue weighted by atomic mass is 10.0. The van der Waals surface area contributed by atoms with Crippen LogP contribution < -0.4 is 30.9 Å². The van der Waals surface area contributed by atoms with Crippen molar-refractivity contribution in [1.29, 1.82) is 0 Å². The highest BCUT2D eigenvalue weighted by Crippen LogP contribution is 2.47. The van der Waals surface area contributed by atoms with Crippen LogP contribution in [0.2, 0.25) is 5.02 Å². The highest BCUT2D eigenvalue weighted by atomic mass is 35.5. The van der Waals surface area contributed by atoms with E-state index in [-0.39, 0.29) is 41.7 Å². The summed E-state index contributed by atoms with van der Waals surface area (Å²) < 4.78 is 29.4. The number of nitrogens with one attached hydrogen (secondary N) is 3. The highest BCUT2D eigenvalue weighted by Gasteiger charge is 2.40. The van der Waals surface area contributed by atoms with Gasteiger partial charge in [-0.1, -0.05) is 41.6 Å². The first-order valence-electron chi connectivity index (χ1n) is 21.6. The predicted molar refractivity (Wildman–Crippen MR) is 246 cm³/mol. The van der Waals surface area contributed by atoms with E-state index < -0.39 is 19.5 Å². The number of nitrogens with zero attached hydrogens (tertiary/aromatic N) is 6. The highest BCUT2D eigenvalue weighted by molar-refractivity contribution is 7.62. The van der Waals surface area contributed by atoms with Gasteiger partial charge in [0.1, 0.15) is 16.8 Å². The largest absolute Gasteiger partial charge is 0.494 e. The van der Waals surface area contributed by atoms with Crippen molar-refractivity contribution >= 4 is 77.0 Å². The first-order valence-corrected chi connectivity index (χ1v) is 23.5. The van der Waals surface area contributed by atoms with Crippen molar-refractivity contribution in [3.63, 3.8) is 0 Å². The third kappa shape index (κ3) is 9.97. The Labute approximate surface area is 382 Å². The molecule has 0 bridgehead atoms. The summed E-state index contributed by atoms with van der Waals surface area (Å²) in [6, 6.07) is 18.0. The predicted octanol–water partition coefficient (Wildman–Crippen LogP) is 5.44. The molecule has 3 saturated heterocycles. The van der Waals surface area contributed by atoms with Gasteiger partial charge in [-0.2, -0.15) is 4.98 Å². The molecule has 4 aliphatic rings. The topological polar surface area (TPSA) is 188 Å². The molecule has 65 heavy (non-hydrogen) atoms. The minimum Gasteiger partial charge on any atom is -0.494 e. The van der Waals surface area contributed by atoms with Gasteiger partial charge in [0.15, 0.2) is 5.82 Å². The number of imide groups is 1. The molecule has 0 aliphatic carbocycles. The molecule has 4 aromatic rings. The fraction of sp³-hybridized carbons (Fsp3) is 0.391. The molecule has 340 valence electrons. The van der Waals surface area contributed by atoms with E-state index in [2.05, 4.69) is 47.6 Å². The standard InChI is InChI=1S/C46H51ClN9O8P/c1-62-39-27-32(15-16-36(39)50-46-48-28-35(47)43(52-46)49-37-12-5-6-13-40(37)65(61,63-2)64-3)53-21-19-31(20-22-53)54-23-25-55(26-24-54)42(58)14-7-4-9-30-10-8-11-33-34(30)29-56(45(33)60)38-17-18-41(57)51-44(38)59/h5-6,8,10-13,15-16,27-28,31,38H,7,14,17-26,29H2,1-3H3,(H,51,57,59)(H2,48,49,50,52). The summed E-state index contributed by atoms with van der Waals surface area (Å²) in [6.07, 6.45) is 4.67. The number of methoxy groups -OCH3 is 1. The number of carbonyl (C=O) groups excluding carboxylic acids is 4. The summed E-state index contributed by atoms with van der Waals surface area (Å²) in [5.74, 6) is 6.57. The molecule has 0 saturated carbocycles. The smallest absolute Gasteiger partial charge is 0.362 e. The zero-order valence-electron chi connectivity index (χ0n) is 36.5. The molecule has 8 rings (SSSR count). The number of ether oxygens (including phenoxy) is 1. The molecule has 1 atom stereocenters. The van der Waals surface area contributed by atoms with Crippen molar-refractivity contribution in [2.75, 3.05) is 76.1 Å². The van der Waals surface area contributed by atoms with Gasteiger partial charge >= 0.3 is 7.60 Å². The fourth-order valence-electron chi connectivity index (χ4n) is 8.85. The van der Waals surface area contributed by atoms with E-state index in [9.17, 15) is 23.7 Å². The lowest BCUT2D eigenvalue weighted by Crippen LogP contribution is -2.54. The van der Waals surface area contributed by atoms with Crippen molar-refractivity contribution in [3.8, 4) is 17.6 Å². The number of benzene rings is 3. The van der Waals surface area contributed by atoms with Crippen LogP contribution >= 0.6 is 19.2 Å². The molecule has 3 aromatic carbocycles.